The van der Waals surface area contributed by atoms with Gasteiger partial charge in [0.1, 0.15) is 11.3 Å². The number of nitrogens with one attached hydrogen (secondary N) is 3. The minimum absolute atomic E-state index is 0.0598. The van der Waals surface area contributed by atoms with Crippen molar-refractivity contribution >= 4 is 22.7 Å². The molecule has 2 aromatic carbocycles. The third-order valence-corrected chi connectivity index (χ3v) is 5.50. The Labute approximate surface area is 210 Å². The molecule has 0 aliphatic carbocycles. The van der Waals surface area contributed by atoms with Crippen LogP contribution in [0.15, 0.2) is 54.7 Å². The number of carbonyl (C=O) groups is 2. The number of aromatic amines is 1. The number of ether oxygens (including phenoxy) is 2. The van der Waals surface area contributed by atoms with E-state index in [-0.39, 0.29) is 24.2 Å². The van der Waals surface area contributed by atoms with Gasteiger partial charge in [-0.15, -0.1) is 13.2 Å². The Kier molecular flexibility index (Phi) is 6.62. The Balaban J connectivity index is 1.59. The summed E-state index contributed by atoms with van der Waals surface area (Å²) in [5, 5.41) is 12.5. The number of hydrogen-bond acceptors (Lipinski definition) is 6. The molecule has 0 bridgehead atoms. The Bertz CT molecular complexity index is 1490. The Morgan fingerprint density at radius 2 is 1.92 bits per heavy atom. The van der Waals surface area contributed by atoms with Gasteiger partial charge in [-0.2, -0.15) is 5.10 Å². The van der Waals surface area contributed by atoms with Crippen molar-refractivity contribution in [3.8, 4) is 22.8 Å². The molecular weight excluding hydrogens is 491 g/mol. The molecule has 4 aromatic rings. The average Bonchev–Trinajstić information content (AvgIpc) is 3.31. The van der Waals surface area contributed by atoms with E-state index < -0.39 is 30.0 Å². The summed E-state index contributed by atoms with van der Waals surface area (Å²) in [4.78, 5) is 29.5. The summed E-state index contributed by atoms with van der Waals surface area (Å²) in [5.41, 5.74) is 2.47. The van der Waals surface area contributed by atoms with Crippen molar-refractivity contribution < 1.29 is 33.6 Å². The number of alkyl halides is 3. The number of halogens is 3. The number of benzene rings is 2. The molecule has 0 spiro atoms. The van der Waals surface area contributed by atoms with Crippen LogP contribution in [-0.4, -0.2) is 47.5 Å². The predicted molar refractivity (Wildman–Crippen MR) is 128 cm³/mol. The van der Waals surface area contributed by atoms with E-state index in [0.717, 1.165) is 0 Å². The van der Waals surface area contributed by atoms with E-state index in [0.29, 0.717) is 27.6 Å². The summed E-state index contributed by atoms with van der Waals surface area (Å²) in [7, 11) is 1.08. The smallest absolute Gasteiger partial charge is 0.480 e. The number of nitrogens with zero attached hydrogens (tertiary/aromatic N) is 2. The number of carbonyl (C=O) groups excluding carboxylic acids is 2. The zero-order valence-corrected chi connectivity index (χ0v) is 19.6. The first-order valence-electron chi connectivity index (χ1n) is 11.6. The molecule has 1 atom stereocenters. The number of aromatic nitrogens is 3. The van der Waals surface area contributed by atoms with Crippen LogP contribution in [0.5, 0.6) is 11.6 Å². The SMILES string of the molecule is [2H]CNC(=O)c1n[nH]c2cc(-c3cnc(OC)c(C(=O)NC(C)c4cccc(OC(F)(F)F)c4)c3)ccc12. The molecule has 0 saturated heterocycles. The van der Waals surface area contributed by atoms with Crippen LogP contribution in [0.3, 0.4) is 0 Å². The van der Waals surface area contributed by atoms with Gasteiger partial charge >= 0.3 is 6.36 Å². The normalized spacial score (nSPS) is 12.5. The molecule has 3 N–H and O–H groups in total. The van der Waals surface area contributed by atoms with Crippen LogP contribution in [0.4, 0.5) is 13.2 Å². The van der Waals surface area contributed by atoms with Crippen LogP contribution < -0.4 is 20.1 Å². The molecule has 0 radical (unpaired) electrons. The molecule has 9 nitrogen and oxygen atoms in total. The lowest BCUT2D eigenvalue weighted by molar-refractivity contribution is -0.274. The van der Waals surface area contributed by atoms with Gasteiger partial charge in [-0.05, 0) is 48.4 Å². The quantitative estimate of drug-likeness (QED) is 0.337. The van der Waals surface area contributed by atoms with Gasteiger partial charge in [0.05, 0.1) is 18.7 Å². The minimum atomic E-state index is -4.83. The number of hydrogen-bond donors (Lipinski definition) is 3. The highest BCUT2D eigenvalue weighted by atomic mass is 19.4. The van der Waals surface area contributed by atoms with E-state index in [4.69, 9.17) is 6.11 Å². The molecular formula is C25H22F3N5O4. The van der Waals surface area contributed by atoms with E-state index in [1.54, 1.807) is 37.3 Å². The largest absolute Gasteiger partial charge is 0.573 e. The number of pyridine rings is 1. The van der Waals surface area contributed by atoms with Gasteiger partial charge < -0.3 is 20.1 Å². The third-order valence-electron chi connectivity index (χ3n) is 5.50. The zero-order chi connectivity index (χ0) is 27.4. The summed E-state index contributed by atoms with van der Waals surface area (Å²) in [6, 6.07) is 11.4. The first kappa shape index (κ1) is 24.1. The lowest BCUT2D eigenvalue weighted by Gasteiger charge is -2.17. The van der Waals surface area contributed by atoms with Crippen LogP contribution in [-0.2, 0) is 0 Å². The topological polar surface area (TPSA) is 118 Å². The van der Waals surface area contributed by atoms with E-state index in [9.17, 15) is 22.8 Å². The van der Waals surface area contributed by atoms with E-state index >= 15 is 0 Å². The maximum atomic E-state index is 13.1. The van der Waals surface area contributed by atoms with Crippen LogP contribution in [0.2, 0.25) is 0 Å². The maximum Gasteiger partial charge on any atom is 0.573 e. The first-order valence-corrected chi connectivity index (χ1v) is 10.9. The number of rotatable bonds is 7. The molecule has 37 heavy (non-hydrogen) atoms. The Morgan fingerprint density at radius 3 is 2.65 bits per heavy atom. The molecule has 2 amide bonds. The molecule has 0 aliphatic rings. The zero-order valence-electron chi connectivity index (χ0n) is 20.6. The number of methoxy groups -OCH3 is 1. The number of fused-ring (bicyclic) bond motifs is 1. The second-order valence-corrected chi connectivity index (χ2v) is 7.93. The number of amides is 2. The van der Waals surface area contributed by atoms with Crippen molar-refractivity contribution in [1.82, 2.24) is 25.8 Å². The van der Waals surface area contributed by atoms with Crippen molar-refractivity contribution in [2.24, 2.45) is 0 Å². The molecule has 1 unspecified atom stereocenters. The Hall–Kier alpha value is -4.61. The van der Waals surface area contributed by atoms with Gasteiger partial charge in [0.2, 0.25) is 5.88 Å². The van der Waals surface area contributed by atoms with Gasteiger partial charge in [0.25, 0.3) is 11.8 Å². The van der Waals surface area contributed by atoms with Crippen LogP contribution in [0.25, 0.3) is 22.0 Å². The molecule has 2 aromatic heterocycles. The average molecular weight is 514 g/mol. The van der Waals surface area contributed by atoms with Gasteiger partial charge in [0.15, 0.2) is 5.69 Å². The van der Waals surface area contributed by atoms with Crippen molar-refractivity contribution in [1.29, 1.82) is 0 Å². The molecule has 0 fully saturated rings. The monoisotopic (exact) mass is 514 g/mol. The highest BCUT2D eigenvalue weighted by Gasteiger charge is 2.31. The molecule has 192 valence electrons. The molecule has 0 saturated carbocycles. The predicted octanol–water partition coefficient (Wildman–Crippen LogP) is 4.38. The van der Waals surface area contributed by atoms with E-state index in [1.165, 1.54) is 31.5 Å². The van der Waals surface area contributed by atoms with Gasteiger partial charge in [-0.3, -0.25) is 14.7 Å². The highest BCUT2D eigenvalue weighted by molar-refractivity contribution is 6.05. The second kappa shape index (κ2) is 10.2. The number of H-pyrrole nitrogens is 1. The lowest BCUT2D eigenvalue weighted by Crippen LogP contribution is -2.27. The summed E-state index contributed by atoms with van der Waals surface area (Å²) < 4.78 is 54.1. The second-order valence-electron chi connectivity index (χ2n) is 7.93. The summed E-state index contributed by atoms with van der Waals surface area (Å²) in [6.07, 6.45) is -3.32. The summed E-state index contributed by atoms with van der Waals surface area (Å²) in [5.74, 6) is -1.37. The minimum Gasteiger partial charge on any atom is -0.480 e. The molecule has 2 heterocycles. The molecule has 4 rings (SSSR count). The summed E-state index contributed by atoms with van der Waals surface area (Å²) >= 11 is 0. The third kappa shape index (κ3) is 5.63. The Morgan fingerprint density at radius 1 is 1.11 bits per heavy atom. The van der Waals surface area contributed by atoms with Crippen LogP contribution in [0.1, 0.15) is 40.7 Å². The fraction of sp³-hybridized carbons (Fsp3) is 0.200. The van der Waals surface area contributed by atoms with E-state index in [1.807, 2.05) is 0 Å². The van der Waals surface area contributed by atoms with Gasteiger partial charge in [-0.1, -0.05) is 18.2 Å². The van der Waals surface area contributed by atoms with Crippen molar-refractivity contribution in [2.75, 3.05) is 14.1 Å². The summed E-state index contributed by atoms with van der Waals surface area (Å²) in [6.45, 7) is 1.62. The van der Waals surface area contributed by atoms with Gasteiger partial charge in [-0.25, -0.2) is 4.98 Å². The van der Waals surface area contributed by atoms with Crippen molar-refractivity contribution in [3.63, 3.8) is 0 Å². The first-order chi connectivity index (χ1) is 18.1. The standard InChI is InChI=1S/C25H22F3N5O4/c1-13(14-5-4-6-17(9-14)37-25(26,27)28)31-22(34)19-10-16(12-30-24(19)36-3)15-7-8-18-20(11-15)32-33-21(18)23(35)29-2/h4-13H,1-3H3,(H,29,35)(H,31,34)(H,32,33)/i2D. The molecule has 12 heteroatoms. The van der Waals surface area contributed by atoms with Crippen LogP contribution in [0, 0.1) is 0 Å². The van der Waals surface area contributed by atoms with E-state index in [2.05, 4.69) is 30.6 Å². The van der Waals surface area contributed by atoms with Crippen molar-refractivity contribution in [3.05, 3.63) is 71.5 Å². The fourth-order valence-corrected chi connectivity index (χ4v) is 3.73. The van der Waals surface area contributed by atoms with Crippen LogP contribution >= 0.6 is 0 Å². The maximum absolute atomic E-state index is 13.1. The van der Waals surface area contributed by atoms with Gasteiger partial charge in [0, 0.05) is 25.5 Å². The highest BCUT2D eigenvalue weighted by Crippen LogP contribution is 2.29. The lowest BCUT2D eigenvalue weighted by atomic mass is 10.0. The fourth-order valence-electron chi connectivity index (χ4n) is 3.73. The molecule has 0 aliphatic heterocycles. The van der Waals surface area contributed by atoms with Crippen molar-refractivity contribution in [2.45, 2.75) is 19.3 Å².